The number of amides is 1. The van der Waals surface area contributed by atoms with E-state index in [1.54, 1.807) is 20.1 Å². The Hall–Kier alpha value is -1.88. The quantitative estimate of drug-likeness (QED) is 0.839. The average Bonchev–Trinajstić information content (AvgIpc) is 2.32. The van der Waals surface area contributed by atoms with E-state index >= 15 is 0 Å². The van der Waals surface area contributed by atoms with Gasteiger partial charge >= 0.3 is 5.97 Å². The number of ether oxygens (including phenoxy) is 1. The largest absolute Gasteiger partial charge is 0.478 e. The van der Waals surface area contributed by atoms with Crippen molar-refractivity contribution in [1.29, 1.82) is 0 Å². The molecule has 110 valence electrons. The van der Waals surface area contributed by atoms with Crippen LogP contribution in [0.3, 0.4) is 0 Å². The van der Waals surface area contributed by atoms with Gasteiger partial charge in [-0.3, -0.25) is 4.79 Å². The van der Waals surface area contributed by atoms with Crippen LogP contribution in [0.2, 0.25) is 0 Å². The predicted molar refractivity (Wildman–Crippen MR) is 77.2 cm³/mol. The normalized spacial score (nSPS) is 12.0. The van der Waals surface area contributed by atoms with Crippen LogP contribution >= 0.6 is 0 Å². The molecule has 0 bridgehead atoms. The van der Waals surface area contributed by atoms with E-state index in [9.17, 15) is 14.7 Å². The maximum atomic E-state index is 12.0. The zero-order chi connectivity index (χ0) is 15.3. The van der Waals surface area contributed by atoms with E-state index in [0.29, 0.717) is 18.7 Å². The lowest BCUT2D eigenvalue weighted by molar-refractivity contribution is -0.117. The van der Waals surface area contributed by atoms with Crippen molar-refractivity contribution in [2.24, 2.45) is 5.92 Å². The summed E-state index contributed by atoms with van der Waals surface area (Å²) in [6.07, 6.45) is 0.292. The van der Waals surface area contributed by atoms with Gasteiger partial charge in [0.1, 0.15) is 0 Å². The first-order valence-electron chi connectivity index (χ1n) is 6.48. The topological polar surface area (TPSA) is 75.6 Å². The highest BCUT2D eigenvalue weighted by Gasteiger charge is 2.17. The molecule has 0 radical (unpaired) electrons. The molecule has 0 aromatic heterocycles. The molecule has 1 amide bonds. The molecule has 0 saturated heterocycles. The highest BCUT2D eigenvalue weighted by molar-refractivity contribution is 6.01. The summed E-state index contributed by atoms with van der Waals surface area (Å²) in [7, 11) is 1.58. The first-order chi connectivity index (χ1) is 9.35. The van der Waals surface area contributed by atoms with E-state index in [4.69, 9.17) is 4.74 Å². The number of carboxylic acids is 1. The number of carboxylic acid groups (broad SMARTS) is 1. The van der Waals surface area contributed by atoms with E-state index in [1.165, 1.54) is 0 Å². The number of aromatic carboxylic acids is 1. The van der Waals surface area contributed by atoms with Gasteiger partial charge in [0, 0.05) is 20.1 Å². The molecular weight excluding hydrogens is 258 g/mol. The second-order valence-corrected chi connectivity index (χ2v) is 5.12. The Bertz CT molecular complexity index is 511. The number of rotatable bonds is 6. The molecule has 0 aliphatic rings. The van der Waals surface area contributed by atoms with Crippen molar-refractivity contribution in [1.82, 2.24) is 0 Å². The highest BCUT2D eigenvalue weighted by Crippen LogP contribution is 2.23. The predicted octanol–water partition coefficient (Wildman–Crippen LogP) is 2.61. The maximum Gasteiger partial charge on any atom is 0.337 e. The van der Waals surface area contributed by atoms with Crippen LogP contribution in [-0.4, -0.2) is 30.7 Å². The van der Waals surface area contributed by atoms with Crippen LogP contribution in [-0.2, 0) is 9.53 Å². The zero-order valence-electron chi connectivity index (χ0n) is 12.3. The minimum Gasteiger partial charge on any atom is -0.478 e. The SMILES string of the molecule is COCC(C)CC(=O)Nc1c(C)cc(C)cc1C(=O)O. The third-order valence-electron chi connectivity index (χ3n) is 2.96. The van der Waals surface area contributed by atoms with Gasteiger partial charge in [-0.1, -0.05) is 13.0 Å². The Labute approximate surface area is 118 Å². The molecule has 5 heteroatoms. The Morgan fingerprint density at radius 1 is 1.35 bits per heavy atom. The van der Waals surface area contributed by atoms with E-state index < -0.39 is 5.97 Å². The van der Waals surface area contributed by atoms with Crippen LogP contribution < -0.4 is 5.32 Å². The van der Waals surface area contributed by atoms with Crippen LogP contribution in [0.15, 0.2) is 12.1 Å². The molecule has 1 aromatic carbocycles. The van der Waals surface area contributed by atoms with Crippen LogP contribution in [0.25, 0.3) is 0 Å². The van der Waals surface area contributed by atoms with Gasteiger partial charge in [-0.15, -0.1) is 0 Å². The van der Waals surface area contributed by atoms with Gasteiger partial charge < -0.3 is 15.2 Å². The molecular formula is C15H21NO4. The molecule has 0 spiro atoms. The molecule has 0 aliphatic carbocycles. The van der Waals surface area contributed by atoms with Gasteiger partial charge in [-0.2, -0.15) is 0 Å². The molecule has 0 heterocycles. The summed E-state index contributed by atoms with van der Waals surface area (Å²) in [5.74, 6) is -1.17. The lowest BCUT2D eigenvalue weighted by Gasteiger charge is -2.14. The second-order valence-electron chi connectivity index (χ2n) is 5.12. The Morgan fingerprint density at radius 3 is 2.55 bits per heavy atom. The molecule has 0 saturated carbocycles. The Balaban J connectivity index is 2.91. The number of carbonyl (C=O) groups is 2. The fraction of sp³-hybridized carbons (Fsp3) is 0.467. The summed E-state index contributed by atoms with van der Waals surface area (Å²) in [5.41, 5.74) is 2.09. The first kappa shape index (κ1) is 16.2. The Kier molecular flexibility index (Phi) is 5.70. The summed E-state index contributed by atoms with van der Waals surface area (Å²) in [4.78, 5) is 23.2. The van der Waals surface area contributed by atoms with E-state index in [-0.39, 0.29) is 17.4 Å². The number of benzene rings is 1. The number of nitrogens with one attached hydrogen (secondary N) is 1. The molecule has 1 unspecified atom stereocenters. The number of carbonyl (C=O) groups excluding carboxylic acids is 1. The lowest BCUT2D eigenvalue weighted by atomic mass is 10.0. The number of anilines is 1. The molecule has 1 rings (SSSR count). The number of hydrogen-bond donors (Lipinski definition) is 2. The second kappa shape index (κ2) is 7.05. The van der Waals surface area contributed by atoms with Crippen molar-refractivity contribution in [3.8, 4) is 0 Å². The summed E-state index contributed by atoms with van der Waals surface area (Å²) < 4.78 is 4.98. The molecule has 0 aliphatic heterocycles. The first-order valence-corrected chi connectivity index (χ1v) is 6.48. The van der Waals surface area contributed by atoms with Gasteiger partial charge in [0.05, 0.1) is 11.3 Å². The highest BCUT2D eigenvalue weighted by atomic mass is 16.5. The van der Waals surface area contributed by atoms with Crippen molar-refractivity contribution in [2.45, 2.75) is 27.2 Å². The molecule has 1 aromatic rings. The third kappa shape index (κ3) is 4.35. The molecule has 20 heavy (non-hydrogen) atoms. The van der Waals surface area contributed by atoms with Crippen LogP contribution in [0.1, 0.15) is 34.8 Å². The van der Waals surface area contributed by atoms with Gasteiger partial charge in [-0.25, -0.2) is 4.79 Å². The minimum absolute atomic E-state index is 0.0824. The summed E-state index contributed by atoms with van der Waals surface area (Å²) in [6.45, 7) is 6.01. The molecule has 1 atom stereocenters. The van der Waals surface area contributed by atoms with Crippen molar-refractivity contribution >= 4 is 17.6 Å². The van der Waals surface area contributed by atoms with Gasteiger partial charge in [0.2, 0.25) is 5.91 Å². The monoisotopic (exact) mass is 279 g/mol. The average molecular weight is 279 g/mol. The van der Waals surface area contributed by atoms with E-state index in [0.717, 1.165) is 11.1 Å². The number of hydrogen-bond acceptors (Lipinski definition) is 3. The third-order valence-corrected chi connectivity index (χ3v) is 2.96. The van der Waals surface area contributed by atoms with Crippen molar-refractivity contribution in [3.63, 3.8) is 0 Å². The van der Waals surface area contributed by atoms with Gasteiger partial charge in [0.15, 0.2) is 0 Å². The number of aryl methyl sites for hydroxylation is 2. The molecule has 0 fully saturated rings. The zero-order valence-corrected chi connectivity index (χ0v) is 12.3. The smallest absolute Gasteiger partial charge is 0.337 e. The summed E-state index contributed by atoms with van der Waals surface area (Å²) in [5, 5.41) is 11.9. The van der Waals surface area contributed by atoms with E-state index in [1.807, 2.05) is 19.9 Å². The molecule has 2 N–H and O–H groups in total. The van der Waals surface area contributed by atoms with Crippen molar-refractivity contribution in [2.75, 3.05) is 19.0 Å². The Morgan fingerprint density at radius 2 is 2.00 bits per heavy atom. The number of methoxy groups -OCH3 is 1. The van der Waals surface area contributed by atoms with Crippen molar-refractivity contribution < 1.29 is 19.4 Å². The standard InChI is InChI=1S/C15H21NO4/c1-9-5-11(3)14(12(6-9)15(18)19)16-13(17)7-10(2)8-20-4/h5-6,10H,7-8H2,1-4H3,(H,16,17)(H,18,19). The van der Waals surface area contributed by atoms with E-state index in [2.05, 4.69) is 5.32 Å². The van der Waals surface area contributed by atoms with Gasteiger partial charge in [-0.05, 0) is 37.0 Å². The molecule has 5 nitrogen and oxygen atoms in total. The summed E-state index contributed by atoms with van der Waals surface area (Å²) >= 11 is 0. The van der Waals surface area contributed by atoms with Crippen molar-refractivity contribution in [3.05, 3.63) is 28.8 Å². The van der Waals surface area contributed by atoms with Gasteiger partial charge in [0.25, 0.3) is 0 Å². The minimum atomic E-state index is -1.04. The summed E-state index contributed by atoms with van der Waals surface area (Å²) in [6, 6.07) is 3.41. The lowest BCUT2D eigenvalue weighted by Crippen LogP contribution is -2.20. The maximum absolute atomic E-state index is 12.0. The van der Waals surface area contributed by atoms with Crippen LogP contribution in [0, 0.1) is 19.8 Å². The fourth-order valence-electron chi connectivity index (χ4n) is 2.15. The van der Waals surface area contributed by atoms with Crippen LogP contribution in [0.5, 0.6) is 0 Å². The fourth-order valence-corrected chi connectivity index (χ4v) is 2.15. The van der Waals surface area contributed by atoms with Crippen LogP contribution in [0.4, 0.5) is 5.69 Å².